The lowest BCUT2D eigenvalue weighted by molar-refractivity contribution is -0.137. The Balaban J connectivity index is 1.50. The molecule has 5 nitrogen and oxygen atoms in total. The highest BCUT2D eigenvalue weighted by molar-refractivity contribution is 7.20. The zero-order valence-corrected chi connectivity index (χ0v) is 18.5. The molecule has 4 rings (SSSR count). The number of amides is 1. The van der Waals surface area contributed by atoms with E-state index in [0.717, 1.165) is 39.7 Å². The fraction of sp³-hybridized carbons (Fsp3) is 0.136. The molecule has 0 aliphatic carbocycles. The van der Waals surface area contributed by atoms with Crippen molar-refractivity contribution in [1.29, 1.82) is 0 Å². The average molecular weight is 494 g/mol. The molecule has 2 heterocycles. The highest BCUT2D eigenvalue weighted by Gasteiger charge is 2.31. The van der Waals surface area contributed by atoms with E-state index in [4.69, 9.17) is 4.74 Å². The van der Waals surface area contributed by atoms with Gasteiger partial charge in [0, 0.05) is 22.4 Å². The SMILES string of the molecule is CC(=O)N(c1cccc(C(F)(F)F)c1)c1nc(COC(=O)c2cc3c(F)cccc3s2)cs1. The molecule has 2 aromatic carbocycles. The van der Waals surface area contributed by atoms with Crippen LogP contribution in [-0.4, -0.2) is 16.9 Å². The Morgan fingerprint density at radius 3 is 2.58 bits per heavy atom. The molecule has 0 atom stereocenters. The first-order valence-corrected chi connectivity index (χ1v) is 11.1. The van der Waals surface area contributed by atoms with Crippen molar-refractivity contribution in [3.05, 3.63) is 75.9 Å². The van der Waals surface area contributed by atoms with Crippen molar-refractivity contribution in [2.45, 2.75) is 19.7 Å². The number of thiazole rings is 1. The summed E-state index contributed by atoms with van der Waals surface area (Å²) in [5.41, 5.74) is -0.562. The second-order valence-electron chi connectivity index (χ2n) is 6.86. The smallest absolute Gasteiger partial charge is 0.416 e. The summed E-state index contributed by atoms with van der Waals surface area (Å²) in [5.74, 6) is -1.63. The van der Waals surface area contributed by atoms with E-state index in [-0.39, 0.29) is 22.3 Å². The number of nitrogens with zero attached hydrogens (tertiary/aromatic N) is 2. The maximum Gasteiger partial charge on any atom is 0.416 e. The van der Waals surface area contributed by atoms with Crippen LogP contribution < -0.4 is 4.90 Å². The van der Waals surface area contributed by atoms with Crippen LogP contribution in [0.3, 0.4) is 0 Å². The monoisotopic (exact) mass is 494 g/mol. The molecule has 0 spiro atoms. The molecule has 0 fully saturated rings. The Morgan fingerprint density at radius 1 is 1.12 bits per heavy atom. The number of hydrogen-bond acceptors (Lipinski definition) is 6. The third-order valence-corrected chi connectivity index (χ3v) is 6.49. The van der Waals surface area contributed by atoms with Crippen molar-refractivity contribution in [3.8, 4) is 0 Å². The van der Waals surface area contributed by atoms with Gasteiger partial charge in [-0.25, -0.2) is 14.2 Å². The van der Waals surface area contributed by atoms with Gasteiger partial charge in [0.2, 0.25) is 5.91 Å². The number of ether oxygens (including phenoxy) is 1. The van der Waals surface area contributed by atoms with Crippen LogP contribution in [0, 0.1) is 5.82 Å². The molecule has 0 aliphatic rings. The Hall–Kier alpha value is -3.31. The highest BCUT2D eigenvalue weighted by Crippen LogP contribution is 2.35. The van der Waals surface area contributed by atoms with Crippen LogP contribution in [0.15, 0.2) is 53.9 Å². The van der Waals surface area contributed by atoms with Crippen LogP contribution in [0.4, 0.5) is 28.4 Å². The second-order valence-corrected chi connectivity index (χ2v) is 8.78. The number of rotatable bonds is 5. The summed E-state index contributed by atoms with van der Waals surface area (Å²) >= 11 is 2.11. The third-order valence-electron chi connectivity index (χ3n) is 4.54. The molecule has 1 amide bonds. The summed E-state index contributed by atoms with van der Waals surface area (Å²) in [7, 11) is 0. The maximum absolute atomic E-state index is 13.8. The first-order valence-electron chi connectivity index (χ1n) is 9.41. The molecule has 0 saturated heterocycles. The molecule has 0 radical (unpaired) electrons. The molecule has 2 aromatic heterocycles. The maximum atomic E-state index is 13.8. The quantitative estimate of drug-likeness (QED) is 0.233. The van der Waals surface area contributed by atoms with E-state index < -0.39 is 29.4 Å². The Kier molecular flexibility index (Phi) is 6.17. The number of esters is 1. The normalized spacial score (nSPS) is 11.5. The van der Waals surface area contributed by atoms with E-state index in [1.807, 2.05) is 0 Å². The molecule has 0 N–H and O–H groups in total. The van der Waals surface area contributed by atoms with Gasteiger partial charge in [0.25, 0.3) is 0 Å². The molecule has 11 heteroatoms. The summed E-state index contributed by atoms with van der Waals surface area (Å²) in [6, 6.07) is 10.3. The van der Waals surface area contributed by atoms with Gasteiger partial charge < -0.3 is 4.74 Å². The topological polar surface area (TPSA) is 59.5 Å². The van der Waals surface area contributed by atoms with E-state index in [2.05, 4.69) is 4.98 Å². The van der Waals surface area contributed by atoms with Gasteiger partial charge in [-0.05, 0) is 36.4 Å². The fourth-order valence-electron chi connectivity index (χ4n) is 3.05. The van der Waals surface area contributed by atoms with Gasteiger partial charge in [-0.15, -0.1) is 22.7 Å². The predicted molar refractivity (Wildman–Crippen MR) is 117 cm³/mol. The Bertz CT molecular complexity index is 1350. The molecule has 0 unspecified atom stereocenters. The second kappa shape index (κ2) is 8.91. The van der Waals surface area contributed by atoms with E-state index >= 15 is 0 Å². The molecule has 0 aliphatic heterocycles. The van der Waals surface area contributed by atoms with Gasteiger partial charge in [0.05, 0.1) is 16.9 Å². The Morgan fingerprint density at radius 2 is 1.88 bits per heavy atom. The van der Waals surface area contributed by atoms with Crippen LogP contribution in [0.25, 0.3) is 10.1 Å². The molecular weight excluding hydrogens is 480 g/mol. The van der Waals surface area contributed by atoms with E-state index in [9.17, 15) is 27.2 Å². The zero-order valence-electron chi connectivity index (χ0n) is 16.9. The number of carbonyl (C=O) groups excluding carboxylic acids is 2. The number of fused-ring (bicyclic) bond motifs is 1. The average Bonchev–Trinajstić information content (AvgIpc) is 3.40. The molecular formula is C22H14F4N2O3S2. The highest BCUT2D eigenvalue weighted by atomic mass is 32.1. The van der Waals surface area contributed by atoms with Crippen LogP contribution in [0.2, 0.25) is 0 Å². The molecule has 4 aromatic rings. The lowest BCUT2D eigenvalue weighted by Gasteiger charge is -2.19. The summed E-state index contributed by atoms with van der Waals surface area (Å²) in [6.45, 7) is 0.988. The van der Waals surface area contributed by atoms with Crippen LogP contribution in [0.5, 0.6) is 0 Å². The van der Waals surface area contributed by atoms with Crippen molar-refractivity contribution < 1.29 is 31.9 Å². The lowest BCUT2D eigenvalue weighted by atomic mass is 10.2. The minimum Gasteiger partial charge on any atom is -0.455 e. The van der Waals surface area contributed by atoms with Crippen molar-refractivity contribution in [2.75, 3.05) is 4.90 Å². The van der Waals surface area contributed by atoms with Crippen LogP contribution in [0.1, 0.15) is 27.9 Å². The van der Waals surface area contributed by atoms with Crippen molar-refractivity contribution >= 4 is 55.5 Å². The fourth-order valence-corrected chi connectivity index (χ4v) is 4.89. The van der Waals surface area contributed by atoms with Crippen molar-refractivity contribution in [1.82, 2.24) is 4.98 Å². The molecule has 170 valence electrons. The standard InChI is InChI=1S/C22H14F4N2O3S2/c1-12(29)28(15-5-2-4-13(8-15)22(24,25)26)21-27-14(11-32-21)10-31-20(30)19-9-16-17(23)6-3-7-18(16)33-19/h2-9,11H,10H2,1H3. The Labute approximate surface area is 192 Å². The number of benzene rings is 2. The number of carbonyl (C=O) groups is 2. The van der Waals surface area contributed by atoms with E-state index in [1.54, 1.807) is 12.1 Å². The number of aromatic nitrogens is 1. The number of thiophene rings is 1. The first kappa shape index (κ1) is 22.9. The van der Waals surface area contributed by atoms with Crippen molar-refractivity contribution in [3.63, 3.8) is 0 Å². The van der Waals surface area contributed by atoms with Gasteiger partial charge in [-0.3, -0.25) is 9.69 Å². The van der Waals surface area contributed by atoms with Crippen molar-refractivity contribution in [2.24, 2.45) is 0 Å². The third kappa shape index (κ3) is 4.88. The van der Waals surface area contributed by atoms with Gasteiger partial charge >= 0.3 is 12.1 Å². The zero-order chi connectivity index (χ0) is 23.8. The van der Waals surface area contributed by atoms with Crippen LogP contribution >= 0.6 is 22.7 Å². The first-order chi connectivity index (χ1) is 15.6. The molecule has 0 saturated carbocycles. The van der Waals surface area contributed by atoms with Gasteiger partial charge in [-0.1, -0.05) is 12.1 Å². The summed E-state index contributed by atoms with van der Waals surface area (Å²) < 4.78 is 58.9. The number of anilines is 2. The minimum absolute atomic E-state index is 0.0162. The van der Waals surface area contributed by atoms with E-state index in [1.165, 1.54) is 36.6 Å². The summed E-state index contributed by atoms with van der Waals surface area (Å²) in [4.78, 5) is 30.1. The van der Waals surface area contributed by atoms with E-state index in [0.29, 0.717) is 15.8 Å². The molecule has 0 bridgehead atoms. The van der Waals surface area contributed by atoms with Crippen LogP contribution in [-0.2, 0) is 22.3 Å². The predicted octanol–water partition coefficient (Wildman–Crippen LogP) is 6.56. The lowest BCUT2D eigenvalue weighted by Crippen LogP contribution is -2.23. The minimum atomic E-state index is -4.56. The summed E-state index contributed by atoms with van der Waals surface area (Å²) in [5, 5.41) is 2.00. The summed E-state index contributed by atoms with van der Waals surface area (Å²) in [6.07, 6.45) is -4.56. The van der Waals surface area contributed by atoms with Gasteiger partial charge in [0.15, 0.2) is 5.13 Å². The van der Waals surface area contributed by atoms with Gasteiger partial charge in [-0.2, -0.15) is 13.2 Å². The number of alkyl halides is 3. The largest absolute Gasteiger partial charge is 0.455 e. The van der Waals surface area contributed by atoms with Gasteiger partial charge in [0.1, 0.15) is 17.3 Å². The number of hydrogen-bond donors (Lipinski definition) is 0. The number of halogens is 4. The molecule has 33 heavy (non-hydrogen) atoms.